The molecule has 0 unspecified atom stereocenters. The topological polar surface area (TPSA) is 91.6 Å². The van der Waals surface area contributed by atoms with Crippen LogP contribution in [0.25, 0.3) is 11.3 Å². The van der Waals surface area contributed by atoms with Gasteiger partial charge in [0, 0.05) is 63.6 Å². The molecule has 3 atom stereocenters. The molecule has 0 spiro atoms. The summed E-state index contributed by atoms with van der Waals surface area (Å²) in [7, 11) is 0. The number of hydrogen-bond acceptors (Lipinski definition) is 5. The smallest absolute Gasteiger partial charge is 0.318 e. The van der Waals surface area contributed by atoms with Gasteiger partial charge in [-0.15, -0.1) is 0 Å². The lowest BCUT2D eigenvalue weighted by Gasteiger charge is -2.39. The molecule has 2 aromatic carbocycles. The van der Waals surface area contributed by atoms with E-state index in [2.05, 4.69) is 10.6 Å². The Morgan fingerprint density at radius 1 is 1.17 bits per heavy atom. The average molecular weight is 572 g/mol. The van der Waals surface area contributed by atoms with E-state index < -0.39 is 35.8 Å². The second-order valence-electron chi connectivity index (χ2n) is 10.7. The first-order chi connectivity index (χ1) is 19.9. The summed E-state index contributed by atoms with van der Waals surface area (Å²) in [5.41, 5.74) is 1.22. The molecule has 5 rings (SSSR count). The zero-order valence-electron chi connectivity index (χ0n) is 22.8. The van der Waals surface area contributed by atoms with Gasteiger partial charge in [0.05, 0.1) is 18.3 Å². The minimum absolute atomic E-state index is 0.0175. The van der Waals surface area contributed by atoms with Gasteiger partial charge in [0.25, 0.3) is 0 Å². The van der Waals surface area contributed by atoms with Crippen LogP contribution < -0.4 is 10.6 Å². The number of alkyl halides is 1. The zero-order valence-corrected chi connectivity index (χ0v) is 22.8. The van der Waals surface area contributed by atoms with Crippen LogP contribution in [0.2, 0.25) is 0 Å². The fourth-order valence-electron chi connectivity index (χ4n) is 5.75. The number of aromatic nitrogens is 2. The van der Waals surface area contributed by atoms with Crippen LogP contribution in [0.15, 0.2) is 54.7 Å². The molecule has 0 bridgehead atoms. The van der Waals surface area contributed by atoms with E-state index >= 15 is 0 Å². The van der Waals surface area contributed by atoms with Crippen molar-refractivity contribution in [2.24, 2.45) is 11.8 Å². The summed E-state index contributed by atoms with van der Waals surface area (Å²) in [5.74, 6) is -1.22. The van der Waals surface area contributed by atoms with E-state index in [1.807, 2.05) is 34.9 Å². The quantitative estimate of drug-likeness (QED) is 0.344. The van der Waals surface area contributed by atoms with Gasteiger partial charge < -0.3 is 29.9 Å². The number of ether oxygens (including phenoxy) is 1. The lowest BCUT2D eigenvalue weighted by molar-refractivity contribution is 0.0257. The van der Waals surface area contributed by atoms with Crippen LogP contribution in [-0.4, -0.2) is 77.8 Å². The highest BCUT2D eigenvalue weighted by molar-refractivity contribution is 5.75. The molecule has 41 heavy (non-hydrogen) atoms. The molecule has 2 aliphatic rings. The number of imidazole rings is 1. The van der Waals surface area contributed by atoms with Gasteiger partial charge in [-0.2, -0.15) is 0 Å². The molecule has 220 valence electrons. The number of halogens is 3. The highest BCUT2D eigenvalue weighted by Gasteiger charge is 2.40. The molecule has 2 saturated heterocycles. The van der Waals surface area contributed by atoms with Crippen molar-refractivity contribution in [3.8, 4) is 11.3 Å². The minimum Gasteiger partial charge on any atom is -0.395 e. The lowest BCUT2D eigenvalue weighted by atomic mass is 9.89. The number of carbonyl (C=O) groups excluding carboxylic acids is 1. The first-order valence-electron chi connectivity index (χ1n) is 14.1. The second kappa shape index (κ2) is 13.5. The zero-order chi connectivity index (χ0) is 28.8. The normalized spacial score (nSPS) is 20.2. The highest BCUT2D eigenvalue weighted by Crippen LogP contribution is 2.38. The predicted molar refractivity (Wildman–Crippen MR) is 148 cm³/mol. The van der Waals surface area contributed by atoms with E-state index in [1.165, 1.54) is 0 Å². The monoisotopic (exact) mass is 571 g/mol. The van der Waals surface area contributed by atoms with Gasteiger partial charge in [0.1, 0.15) is 23.6 Å². The first-order valence-corrected chi connectivity index (χ1v) is 14.1. The van der Waals surface area contributed by atoms with E-state index in [1.54, 1.807) is 11.1 Å². The van der Waals surface area contributed by atoms with Crippen LogP contribution >= 0.6 is 0 Å². The maximum absolute atomic E-state index is 14.9. The molecule has 3 aromatic rings. The number of rotatable bonds is 10. The van der Waals surface area contributed by atoms with Crippen LogP contribution in [0.5, 0.6) is 0 Å². The number of amides is 2. The Hall–Kier alpha value is -3.41. The van der Waals surface area contributed by atoms with Gasteiger partial charge in [-0.3, -0.25) is 0 Å². The third-order valence-electron chi connectivity index (χ3n) is 7.86. The largest absolute Gasteiger partial charge is 0.395 e. The van der Waals surface area contributed by atoms with E-state index in [0.717, 1.165) is 23.8 Å². The fraction of sp³-hybridized carbons (Fsp3) is 0.467. The summed E-state index contributed by atoms with van der Waals surface area (Å²) in [6.07, 6.45) is 1.83. The maximum Gasteiger partial charge on any atom is 0.318 e. The molecule has 0 aliphatic carbocycles. The predicted octanol–water partition coefficient (Wildman–Crippen LogP) is 3.91. The van der Waals surface area contributed by atoms with Gasteiger partial charge in [0.2, 0.25) is 0 Å². The molecule has 3 heterocycles. The van der Waals surface area contributed by atoms with Gasteiger partial charge in [-0.05, 0) is 42.5 Å². The number of carbonyl (C=O) groups is 1. The molecule has 2 amide bonds. The summed E-state index contributed by atoms with van der Waals surface area (Å²) < 4.78 is 51.5. The first kappa shape index (κ1) is 29.1. The Morgan fingerprint density at radius 3 is 2.66 bits per heavy atom. The summed E-state index contributed by atoms with van der Waals surface area (Å²) in [6.45, 7) is 1.91. The molecule has 0 saturated carbocycles. The summed E-state index contributed by atoms with van der Waals surface area (Å²) in [4.78, 5) is 20.2. The molecule has 3 N–H and O–H groups in total. The van der Waals surface area contributed by atoms with E-state index in [-0.39, 0.29) is 43.4 Å². The number of hydrogen-bond donors (Lipinski definition) is 3. The minimum atomic E-state index is -1.13. The molecule has 2 aliphatic heterocycles. The van der Waals surface area contributed by atoms with Gasteiger partial charge >= 0.3 is 6.03 Å². The van der Waals surface area contributed by atoms with Gasteiger partial charge in [0.15, 0.2) is 0 Å². The Labute approximate surface area is 237 Å². The van der Waals surface area contributed by atoms with Crippen LogP contribution in [0.4, 0.5) is 18.0 Å². The molecule has 2 fully saturated rings. The number of urea groups is 1. The third kappa shape index (κ3) is 6.91. The molecule has 8 nitrogen and oxygen atoms in total. The van der Waals surface area contributed by atoms with Crippen molar-refractivity contribution in [3.05, 3.63) is 77.8 Å². The van der Waals surface area contributed by atoms with Crippen LogP contribution in [0, 0.1) is 23.5 Å². The van der Waals surface area contributed by atoms with Crippen molar-refractivity contribution >= 4 is 6.03 Å². The van der Waals surface area contributed by atoms with Crippen LogP contribution in [0.3, 0.4) is 0 Å². The van der Waals surface area contributed by atoms with E-state index in [0.29, 0.717) is 45.0 Å². The molecular formula is C30H36F3N5O3. The fourth-order valence-corrected chi connectivity index (χ4v) is 5.75. The Morgan fingerprint density at radius 2 is 1.95 bits per heavy atom. The Kier molecular flexibility index (Phi) is 9.58. The average Bonchev–Trinajstić information content (AvgIpc) is 3.59. The van der Waals surface area contributed by atoms with Crippen molar-refractivity contribution in [2.75, 3.05) is 46.0 Å². The van der Waals surface area contributed by atoms with Gasteiger partial charge in [-0.25, -0.2) is 22.9 Å². The third-order valence-corrected chi connectivity index (χ3v) is 7.86. The van der Waals surface area contributed by atoms with Crippen molar-refractivity contribution < 1.29 is 27.8 Å². The summed E-state index contributed by atoms with van der Waals surface area (Å²) >= 11 is 0. The number of aliphatic hydroxyl groups is 1. The highest BCUT2D eigenvalue weighted by atomic mass is 19.1. The van der Waals surface area contributed by atoms with Gasteiger partial charge in [-0.1, -0.05) is 30.3 Å². The summed E-state index contributed by atoms with van der Waals surface area (Å²) in [5, 5.41) is 15.2. The number of nitrogens with zero attached hydrogens (tertiary/aromatic N) is 3. The van der Waals surface area contributed by atoms with E-state index in [4.69, 9.17) is 9.72 Å². The standard InChI is InChI=1S/C30H36F3N5O3/c31-23-6-7-25(32)24(14-23)27-19-37(17-20-4-2-1-3-5-20)29(36-27)28(21-8-12-41-13-9-21)38(30(40)35-10-11-39)18-22-15-34-16-26(22)33/h1-7,14,19,21-22,26,28,34,39H,8-13,15-18H2,(H,35,40)/t22-,26-,28+/m0/s1. The van der Waals surface area contributed by atoms with Crippen molar-refractivity contribution in [1.82, 2.24) is 25.1 Å². The molecule has 1 aromatic heterocycles. The van der Waals surface area contributed by atoms with Crippen molar-refractivity contribution in [1.29, 1.82) is 0 Å². The van der Waals surface area contributed by atoms with Crippen LogP contribution in [-0.2, 0) is 11.3 Å². The maximum atomic E-state index is 14.9. The van der Waals surface area contributed by atoms with Crippen molar-refractivity contribution in [3.63, 3.8) is 0 Å². The molecule has 0 radical (unpaired) electrons. The Balaban J connectivity index is 1.63. The second-order valence-corrected chi connectivity index (χ2v) is 10.7. The van der Waals surface area contributed by atoms with Crippen molar-refractivity contribution in [2.45, 2.75) is 31.6 Å². The number of benzene rings is 2. The SMILES string of the molecule is O=C(NCCO)N(C[C@@H]1CNC[C@@H]1F)[C@@H](c1nc(-c2cc(F)ccc2F)cn1Cc1ccccc1)C1CCOCC1. The lowest BCUT2D eigenvalue weighted by Crippen LogP contribution is -2.49. The Bertz CT molecular complexity index is 1300. The number of aliphatic hydroxyl groups excluding tert-OH is 1. The molecular weight excluding hydrogens is 535 g/mol. The number of nitrogens with one attached hydrogen (secondary N) is 2. The van der Waals surface area contributed by atoms with Crippen LogP contribution in [0.1, 0.15) is 30.3 Å². The summed E-state index contributed by atoms with van der Waals surface area (Å²) in [6, 6.07) is 11.8. The van der Waals surface area contributed by atoms with E-state index in [9.17, 15) is 23.1 Å². The molecule has 11 heteroatoms.